The number of carbonyl (C=O) groups excluding carboxylic acids is 1. The molecule has 1 heterocycles. The van der Waals surface area contributed by atoms with Crippen LogP contribution in [0.1, 0.15) is 18.4 Å². The molecule has 4 nitrogen and oxygen atoms in total. The summed E-state index contributed by atoms with van der Waals surface area (Å²) in [5, 5.41) is 2.93. The third-order valence-corrected chi connectivity index (χ3v) is 3.80. The predicted octanol–water partition coefficient (Wildman–Crippen LogP) is 3.85. The number of urea groups is 1. The molecule has 1 aliphatic rings. The molecule has 4 heteroatoms. The van der Waals surface area contributed by atoms with E-state index in [0.717, 1.165) is 17.1 Å². The van der Waals surface area contributed by atoms with Gasteiger partial charge in [0, 0.05) is 23.8 Å². The Kier molecular flexibility index (Phi) is 3.52. The molecular weight excluding hydrogens is 264 g/mol. The lowest BCUT2D eigenvalue weighted by Gasteiger charge is -2.18. The number of benzene rings is 2. The maximum Gasteiger partial charge on any atom is 0.326 e. The molecule has 3 rings (SSSR count). The van der Waals surface area contributed by atoms with Gasteiger partial charge in [0.25, 0.3) is 0 Å². The standard InChI is InChI=1S/C17H18N2O2/c1-12-11-19(16-6-4-3-5-15(12)16)17(20)18-13-7-9-14(21-2)10-8-13/h3-10,12H,11H2,1-2H3,(H,18,20). The largest absolute Gasteiger partial charge is 0.497 e. The molecule has 0 spiro atoms. The van der Waals surface area contributed by atoms with Gasteiger partial charge in [-0.15, -0.1) is 0 Å². The Balaban J connectivity index is 1.77. The van der Waals surface area contributed by atoms with Gasteiger partial charge in [-0.1, -0.05) is 25.1 Å². The summed E-state index contributed by atoms with van der Waals surface area (Å²) in [6.07, 6.45) is 0. The summed E-state index contributed by atoms with van der Waals surface area (Å²) in [5.74, 6) is 1.14. The van der Waals surface area contributed by atoms with Gasteiger partial charge >= 0.3 is 6.03 Å². The van der Waals surface area contributed by atoms with Crippen molar-refractivity contribution in [3.05, 3.63) is 54.1 Å². The second kappa shape index (κ2) is 5.48. The maximum atomic E-state index is 12.5. The molecule has 0 saturated heterocycles. The Morgan fingerprint density at radius 1 is 1.19 bits per heavy atom. The van der Waals surface area contributed by atoms with Gasteiger partial charge in [-0.05, 0) is 35.9 Å². The molecular formula is C17H18N2O2. The molecule has 21 heavy (non-hydrogen) atoms. The van der Waals surface area contributed by atoms with Gasteiger partial charge in [-0.3, -0.25) is 4.90 Å². The van der Waals surface area contributed by atoms with Crippen LogP contribution >= 0.6 is 0 Å². The average Bonchev–Trinajstić information content (AvgIpc) is 2.86. The lowest BCUT2D eigenvalue weighted by Crippen LogP contribution is -2.33. The van der Waals surface area contributed by atoms with Crippen LogP contribution in [0, 0.1) is 0 Å². The van der Waals surface area contributed by atoms with Crippen molar-refractivity contribution in [1.29, 1.82) is 0 Å². The number of fused-ring (bicyclic) bond motifs is 1. The van der Waals surface area contributed by atoms with Crippen LogP contribution in [0.3, 0.4) is 0 Å². The summed E-state index contributed by atoms with van der Waals surface area (Å²) in [7, 11) is 1.62. The highest BCUT2D eigenvalue weighted by Crippen LogP contribution is 2.35. The zero-order chi connectivity index (χ0) is 14.8. The van der Waals surface area contributed by atoms with Gasteiger partial charge in [0.1, 0.15) is 5.75 Å². The van der Waals surface area contributed by atoms with Crippen LogP contribution in [0.5, 0.6) is 5.75 Å². The lowest BCUT2D eigenvalue weighted by molar-refractivity contribution is 0.257. The van der Waals surface area contributed by atoms with E-state index in [9.17, 15) is 4.79 Å². The fraction of sp³-hybridized carbons (Fsp3) is 0.235. The van der Waals surface area contributed by atoms with Crippen LogP contribution in [0.25, 0.3) is 0 Å². The van der Waals surface area contributed by atoms with Crippen molar-refractivity contribution in [3.8, 4) is 5.75 Å². The second-order valence-electron chi connectivity index (χ2n) is 5.23. The van der Waals surface area contributed by atoms with Gasteiger partial charge in [-0.25, -0.2) is 4.79 Å². The first-order chi connectivity index (χ1) is 10.2. The minimum absolute atomic E-state index is 0.100. The normalized spacial score (nSPS) is 16.5. The number of carbonyl (C=O) groups is 1. The fourth-order valence-electron chi connectivity index (χ4n) is 2.68. The van der Waals surface area contributed by atoms with Crippen LogP contribution in [0.4, 0.5) is 16.2 Å². The van der Waals surface area contributed by atoms with Crippen LogP contribution < -0.4 is 15.0 Å². The second-order valence-corrected chi connectivity index (χ2v) is 5.23. The van der Waals surface area contributed by atoms with E-state index in [0.29, 0.717) is 12.5 Å². The van der Waals surface area contributed by atoms with E-state index in [2.05, 4.69) is 18.3 Å². The van der Waals surface area contributed by atoms with Crippen LogP contribution in [0.2, 0.25) is 0 Å². The van der Waals surface area contributed by atoms with Crippen LogP contribution in [0.15, 0.2) is 48.5 Å². The Labute approximate surface area is 124 Å². The number of methoxy groups -OCH3 is 1. The Hall–Kier alpha value is -2.49. The topological polar surface area (TPSA) is 41.6 Å². The van der Waals surface area contributed by atoms with Crippen molar-refractivity contribution in [2.24, 2.45) is 0 Å². The van der Waals surface area contributed by atoms with Crippen molar-refractivity contribution in [3.63, 3.8) is 0 Å². The van der Waals surface area contributed by atoms with Crippen molar-refractivity contribution in [1.82, 2.24) is 0 Å². The van der Waals surface area contributed by atoms with E-state index in [-0.39, 0.29) is 6.03 Å². The minimum atomic E-state index is -0.100. The Morgan fingerprint density at radius 2 is 1.90 bits per heavy atom. The summed E-state index contributed by atoms with van der Waals surface area (Å²) in [5.41, 5.74) is 2.98. The van der Waals surface area contributed by atoms with E-state index in [1.54, 1.807) is 12.0 Å². The smallest absolute Gasteiger partial charge is 0.326 e. The summed E-state index contributed by atoms with van der Waals surface area (Å²) in [6.45, 7) is 2.85. The van der Waals surface area contributed by atoms with E-state index < -0.39 is 0 Å². The van der Waals surface area contributed by atoms with E-state index in [1.807, 2.05) is 42.5 Å². The minimum Gasteiger partial charge on any atom is -0.497 e. The van der Waals surface area contributed by atoms with E-state index >= 15 is 0 Å². The maximum absolute atomic E-state index is 12.5. The number of hydrogen-bond acceptors (Lipinski definition) is 2. The average molecular weight is 282 g/mol. The van der Waals surface area contributed by atoms with E-state index in [4.69, 9.17) is 4.74 Å². The van der Waals surface area contributed by atoms with Gasteiger partial charge in [0.15, 0.2) is 0 Å². The quantitative estimate of drug-likeness (QED) is 0.909. The molecule has 0 aliphatic carbocycles. The number of hydrogen-bond donors (Lipinski definition) is 1. The third-order valence-electron chi connectivity index (χ3n) is 3.80. The lowest BCUT2D eigenvalue weighted by atomic mass is 10.0. The number of nitrogens with zero attached hydrogens (tertiary/aromatic N) is 1. The number of nitrogens with one attached hydrogen (secondary N) is 1. The highest BCUT2D eigenvalue weighted by molar-refractivity contribution is 6.03. The third kappa shape index (κ3) is 2.57. The number of para-hydroxylation sites is 1. The zero-order valence-electron chi connectivity index (χ0n) is 12.2. The Bertz CT molecular complexity index is 652. The highest BCUT2D eigenvalue weighted by Gasteiger charge is 2.29. The first kappa shape index (κ1) is 13.5. The van der Waals surface area contributed by atoms with Gasteiger partial charge < -0.3 is 10.1 Å². The number of ether oxygens (including phenoxy) is 1. The molecule has 1 unspecified atom stereocenters. The van der Waals surface area contributed by atoms with Crippen molar-refractivity contribution < 1.29 is 9.53 Å². The van der Waals surface area contributed by atoms with Gasteiger partial charge in [-0.2, -0.15) is 0 Å². The van der Waals surface area contributed by atoms with Gasteiger partial charge in [0.2, 0.25) is 0 Å². The van der Waals surface area contributed by atoms with Gasteiger partial charge in [0.05, 0.1) is 7.11 Å². The zero-order valence-corrected chi connectivity index (χ0v) is 12.2. The van der Waals surface area contributed by atoms with Crippen molar-refractivity contribution in [2.45, 2.75) is 12.8 Å². The number of rotatable bonds is 2. The molecule has 2 amide bonds. The molecule has 2 aromatic carbocycles. The molecule has 0 fully saturated rings. The first-order valence-corrected chi connectivity index (χ1v) is 7.00. The summed E-state index contributed by atoms with van der Waals surface area (Å²) < 4.78 is 5.11. The fourth-order valence-corrected chi connectivity index (χ4v) is 2.68. The number of amides is 2. The van der Waals surface area contributed by atoms with E-state index in [1.165, 1.54) is 5.56 Å². The molecule has 0 saturated carbocycles. The predicted molar refractivity (Wildman–Crippen MR) is 84.2 cm³/mol. The molecule has 2 aromatic rings. The highest BCUT2D eigenvalue weighted by atomic mass is 16.5. The van der Waals surface area contributed by atoms with Crippen LogP contribution in [-0.2, 0) is 0 Å². The van der Waals surface area contributed by atoms with Crippen LogP contribution in [-0.4, -0.2) is 19.7 Å². The summed E-state index contributed by atoms with van der Waals surface area (Å²) in [6, 6.07) is 15.3. The molecule has 108 valence electrons. The first-order valence-electron chi connectivity index (χ1n) is 7.00. The Morgan fingerprint density at radius 3 is 2.62 bits per heavy atom. The van der Waals surface area contributed by atoms with Crippen molar-refractivity contribution >= 4 is 17.4 Å². The summed E-state index contributed by atoms with van der Waals surface area (Å²) in [4.78, 5) is 14.3. The molecule has 1 aliphatic heterocycles. The molecule has 0 aromatic heterocycles. The summed E-state index contributed by atoms with van der Waals surface area (Å²) >= 11 is 0. The number of anilines is 2. The molecule has 0 radical (unpaired) electrons. The molecule has 1 N–H and O–H groups in total. The monoisotopic (exact) mass is 282 g/mol. The SMILES string of the molecule is COc1ccc(NC(=O)N2CC(C)c3ccccc32)cc1. The molecule has 0 bridgehead atoms. The van der Waals surface area contributed by atoms with Crippen molar-refractivity contribution in [2.75, 3.05) is 23.9 Å². The molecule has 1 atom stereocenters.